The first kappa shape index (κ1) is 17.4. The summed E-state index contributed by atoms with van der Waals surface area (Å²) in [5.74, 6) is -0.440. The number of hydrogen-bond acceptors (Lipinski definition) is 4. The number of primary amides is 1. The first-order chi connectivity index (χ1) is 12.5. The predicted molar refractivity (Wildman–Crippen MR) is 98.4 cm³/mol. The third kappa shape index (κ3) is 3.65. The van der Waals surface area contributed by atoms with E-state index in [9.17, 15) is 9.59 Å². The molecule has 132 valence electrons. The van der Waals surface area contributed by atoms with Crippen LogP contribution in [0, 0.1) is 0 Å². The second-order valence-corrected chi connectivity index (χ2v) is 5.71. The van der Waals surface area contributed by atoms with Gasteiger partial charge in [0.05, 0.1) is 17.6 Å². The zero-order valence-corrected chi connectivity index (χ0v) is 14.5. The van der Waals surface area contributed by atoms with Crippen molar-refractivity contribution in [1.82, 2.24) is 20.1 Å². The van der Waals surface area contributed by atoms with Gasteiger partial charge in [-0.1, -0.05) is 23.7 Å². The van der Waals surface area contributed by atoms with Gasteiger partial charge in [-0.15, -0.1) is 0 Å². The smallest absolute Gasteiger partial charge is 0.316 e. The van der Waals surface area contributed by atoms with Crippen molar-refractivity contribution < 1.29 is 9.59 Å². The van der Waals surface area contributed by atoms with Crippen LogP contribution in [0.1, 0.15) is 10.5 Å². The van der Waals surface area contributed by atoms with E-state index < -0.39 is 11.9 Å². The number of carbonyl (C=O) groups is 2. The summed E-state index contributed by atoms with van der Waals surface area (Å²) < 4.78 is 1.49. The molecule has 0 aliphatic carbocycles. The van der Waals surface area contributed by atoms with E-state index in [1.54, 1.807) is 12.3 Å². The van der Waals surface area contributed by atoms with Crippen molar-refractivity contribution in [3.63, 3.8) is 0 Å². The number of aromatic nitrogens is 3. The highest BCUT2D eigenvalue weighted by Gasteiger charge is 2.17. The number of hydrogen-bond donors (Lipinski definition) is 3. The minimum absolute atomic E-state index is 0.0589. The molecule has 0 unspecified atom stereocenters. The number of amides is 3. The van der Waals surface area contributed by atoms with Gasteiger partial charge in [-0.05, 0) is 35.4 Å². The summed E-state index contributed by atoms with van der Waals surface area (Å²) in [6.45, 7) is 0. The number of urea groups is 1. The molecule has 0 saturated heterocycles. The Morgan fingerprint density at radius 1 is 1.19 bits per heavy atom. The zero-order chi connectivity index (χ0) is 18.7. The van der Waals surface area contributed by atoms with Crippen molar-refractivity contribution in [3.05, 3.63) is 59.6 Å². The molecule has 1 aromatic carbocycles. The standard InChI is InChI=1S/C17H15ClN6O2/c1-20-16(25)15-13(22-17(19)26)9-24(23-15)12-4-2-3-10(7-12)11-5-6-21-14(18)8-11/h2-9H,1H3,(H,20,25)(H3,19,22,26). The summed E-state index contributed by atoms with van der Waals surface area (Å²) in [7, 11) is 1.48. The molecule has 0 saturated carbocycles. The van der Waals surface area contributed by atoms with Crippen molar-refractivity contribution in [2.45, 2.75) is 0 Å². The van der Waals surface area contributed by atoms with E-state index in [4.69, 9.17) is 17.3 Å². The fourth-order valence-electron chi connectivity index (χ4n) is 2.43. The van der Waals surface area contributed by atoms with Crippen LogP contribution in [0.3, 0.4) is 0 Å². The van der Waals surface area contributed by atoms with Crippen LogP contribution in [-0.2, 0) is 0 Å². The Morgan fingerprint density at radius 3 is 2.65 bits per heavy atom. The Labute approximate surface area is 154 Å². The molecular formula is C17H15ClN6O2. The lowest BCUT2D eigenvalue weighted by molar-refractivity contribution is 0.0958. The van der Waals surface area contributed by atoms with Gasteiger partial charge < -0.3 is 16.4 Å². The number of rotatable bonds is 4. The van der Waals surface area contributed by atoms with Gasteiger partial charge in [0, 0.05) is 13.2 Å². The minimum Gasteiger partial charge on any atom is -0.354 e. The van der Waals surface area contributed by atoms with Gasteiger partial charge in [0.1, 0.15) is 5.15 Å². The number of anilines is 1. The monoisotopic (exact) mass is 370 g/mol. The van der Waals surface area contributed by atoms with Crippen molar-refractivity contribution in [3.8, 4) is 16.8 Å². The quantitative estimate of drug-likeness (QED) is 0.612. The van der Waals surface area contributed by atoms with Crippen LogP contribution in [0.5, 0.6) is 0 Å². The molecule has 0 bridgehead atoms. The van der Waals surface area contributed by atoms with Crippen molar-refractivity contribution >= 4 is 29.2 Å². The van der Waals surface area contributed by atoms with Gasteiger partial charge in [-0.3, -0.25) is 4.79 Å². The normalized spacial score (nSPS) is 10.4. The topological polar surface area (TPSA) is 115 Å². The highest BCUT2D eigenvalue weighted by atomic mass is 35.5. The lowest BCUT2D eigenvalue weighted by Gasteiger charge is -2.06. The van der Waals surface area contributed by atoms with E-state index in [1.807, 2.05) is 30.3 Å². The molecule has 9 heteroatoms. The highest BCUT2D eigenvalue weighted by molar-refractivity contribution is 6.29. The molecule has 8 nitrogen and oxygen atoms in total. The Bertz CT molecular complexity index is 985. The fraction of sp³-hybridized carbons (Fsp3) is 0.0588. The molecular weight excluding hydrogens is 356 g/mol. The maximum absolute atomic E-state index is 12.0. The van der Waals surface area contributed by atoms with Crippen LogP contribution in [0.15, 0.2) is 48.8 Å². The highest BCUT2D eigenvalue weighted by Crippen LogP contribution is 2.25. The molecule has 0 radical (unpaired) electrons. The Balaban J connectivity index is 2.04. The van der Waals surface area contributed by atoms with E-state index in [0.29, 0.717) is 10.8 Å². The molecule has 0 aliphatic heterocycles. The molecule has 0 aliphatic rings. The zero-order valence-electron chi connectivity index (χ0n) is 13.7. The van der Waals surface area contributed by atoms with E-state index in [1.165, 1.54) is 17.9 Å². The first-order valence-electron chi connectivity index (χ1n) is 7.58. The van der Waals surface area contributed by atoms with Gasteiger partial charge in [0.2, 0.25) is 0 Å². The molecule has 2 aromatic heterocycles. The Kier molecular flexibility index (Phi) is 4.85. The van der Waals surface area contributed by atoms with Gasteiger partial charge in [0.15, 0.2) is 5.69 Å². The summed E-state index contributed by atoms with van der Waals surface area (Å²) in [4.78, 5) is 27.1. The summed E-state index contributed by atoms with van der Waals surface area (Å²) in [6, 6.07) is 10.3. The van der Waals surface area contributed by atoms with Crippen LogP contribution < -0.4 is 16.4 Å². The number of nitrogens with zero attached hydrogens (tertiary/aromatic N) is 3. The molecule has 2 heterocycles. The maximum Gasteiger partial charge on any atom is 0.316 e. The SMILES string of the molecule is CNC(=O)c1nn(-c2cccc(-c3ccnc(Cl)c3)c2)cc1NC(N)=O. The van der Waals surface area contributed by atoms with E-state index >= 15 is 0 Å². The lowest BCUT2D eigenvalue weighted by atomic mass is 10.1. The summed E-state index contributed by atoms with van der Waals surface area (Å²) in [5, 5.41) is 9.52. The summed E-state index contributed by atoms with van der Waals surface area (Å²) in [5.41, 5.74) is 7.91. The van der Waals surface area contributed by atoms with Crippen LogP contribution in [0.25, 0.3) is 16.8 Å². The largest absolute Gasteiger partial charge is 0.354 e. The number of nitrogens with two attached hydrogens (primary N) is 1. The van der Waals surface area contributed by atoms with Gasteiger partial charge in [-0.2, -0.15) is 5.10 Å². The minimum atomic E-state index is -0.783. The Hall–Kier alpha value is -3.39. The van der Waals surface area contributed by atoms with Gasteiger partial charge >= 0.3 is 6.03 Å². The van der Waals surface area contributed by atoms with Crippen LogP contribution in [0.4, 0.5) is 10.5 Å². The fourth-order valence-corrected chi connectivity index (χ4v) is 2.60. The van der Waals surface area contributed by atoms with E-state index in [-0.39, 0.29) is 11.4 Å². The molecule has 26 heavy (non-hydrogen) atoms. The molecule has 3 amide bonds. The summed E-state index contributed by atoms with van der Waals surface area (Å²) >= 11 is 5.95. The second kappa shape index (κ2) is 7.24. The number of benzene rings is 1. The molecule has 0 fully saturated rings. The number of nitrogens with one attached hydrogen (secondary N) is 2. The van der Waals surface area contributed by atoms with Crippen LogP contribution in [-0.4, -0.2) is 33.8 Å². The maximum atomic E-state index is 12.0. The number of carbonyl (C=O) groups excluding carboxylic acids is 2. The van der Waals surface area contributed by atoms with Crippen LogP contribution in [0.2, 0.25) is 5.15 Å². The molecule has 0 spiro atoms. The lowest BCUT2D eigenvalue weighted by Crippen LogP contribution is -2.24. The predicted octanol–water partition coefficient (Wildman–Crippen LogP) is 2.44. The molecule has 3 aromatic rings. The Morgan fingerprint density at radius 2 is 1.96 bits per heavy atom. The molecule has 3 rings (SSSR count). The third-order valence-electron chi connectivity index (χ3n) is 3.58. The third-order valence-corrected chi connectivity index (χ3v) is 3.79. The molecule has 0 atom stereocenters. The average Bonchev–Trinajstić information content (AvgIpc) is 3.04. The van der Waals surface area contributed by atoms with Gasteiger partial charge in [-0.25, -0.2) is 14.5 Å². The summed E-state index contributed by atoms with van der Waals surface area (Å²) in [6.07, 6.45) is 3.14. The van der Waals surface area contributed by atoms with Crippen molar-refractivity contribution in [1.29, 1.82) is 0 Å². The van der Waals surface area contributed by atoms with E-state index in [0.717, 1.165) is 11.1 Å². The second-order valence-electron chi connectivity index (χ2n) is 5.32. The van der Waals surface area contributed by atoms with Crippen LogP contribution >= 0.6 is 11.6 Å². The number of halogens is 1. The van der Waals surface area contributed by atoms with E-state index in [2.05, 4.69) is 20.7 Å². The molecule has 4 N–H and O–H groups in total. The first-order valence-corrected chi connectivity index (χ1v) is 7.96. The van der Waals surface area contributed by atoms with Gasteiger partial charge in [0.25, 0.3) is 5.91 Å². The number of pyridine rings is 1. The van der Waals surface area contributed by atoms with Crippen molar-refractivity contribution in [2.24, 2.45) is 5.73 Å². The average molecular weight is 371 g/mol. The van der Waals surface area contributed by atoms with Crippen molar-refractivity contribution in [2.75, 3.05) is 12.4 Å².